The van der Waals surface area contributed by atoms with E-state index < -0.39 is 5.91 Å². The maximum atomic E-state index is 12.2. The van der Waals surface area contributed by atoms with Crippen molar-refractivity contribution < 1.29 is 14.3 Å². The molecule has 0 saturated carbocycles. The molecular formula is C21H29NO4. The highest BCUT2D eigenvalue weighted by Gasteiger charge is 2.12. The van der Waals surface area contributed by atoms with Gasteiger partial charge in [0.2, 0.25) is 0 Å². The van der Waals surface area contributed by atoms with Crippen LogP contribution in [0.4, 0.5) is 0 Å². The minimum atomic E-state index is -0.396. The molecule has 26 heavy (non-hydrogen) atoms. The first kappa shape index (κ1) is 20.0. The van der Waals surface area contributed by atoms with Crippen molar-refractivity contribution in [3.8, 4) is 5.75 Å². The predicted molar refractivity (Wildman–Crippen MR) is 104 cm³/mol. The number of hydrogen-bond donors (Lipinski definition) is 2. The second-order valence-electron chi connectivity index (χ2n) is 6.74. The third kappa shape index (κ3) is 6.21. The van der Waals surface area contributed by atoms with Crippen LogP contribution < -0.4 is 10.7 Å². The highest BCUT2D eigenvalue weighted by Crippen LogP contribution is 2.18. The number of nitrogens with one attached hydrogen (secondary N) is 1. The van der Waals surface area contributed by atoms with Gasteiger partial charge in [0.05, 0.1) is 5.39 Å². The Morgan fingerprint density at radius 2 is 1.65 bits per heavy atom. The Balaban J connectivity index is 1.71. The summed E-state index contributed by atoms with van der Waals surface area (Å²) < 4.78 is 5.46. The molecule has 0 fully saturated rings. The lowest BCUT2D eigenvalue weighted by Crippen LogP contribution is -2.25. The Hall–Kier alpha value is -2.30. The normalized spacial score (nSPS) is 11.0. The highest BCUT2D eigenvalue weighted by atomic mass is 16.3. The average molecular weight is 359 g/mol. The van der Waals surface area contributed by atoms with Gasteiger partial charge in [-0.15, -0.1) is 0 Å². The molecule has 0 aliphatic carbocycles. The fourth-order valence-electron chi connectivity index (χ4n) is 2.98. The van der Waals surface area contributed by atoms with E-state index in [0.717, 1.165) is 12.8 Å². The van der Waals surface area contributed by atoms with Crippen LogP contribution in [0.5, 0.6) is 5.75 Å². The third-order valence-corrected chi connectivity index (χ3v) is 4.50. The van der Waals surface area contributed by atoms with Gasteiger partial charge in [-0.05, 0) is 18.6 Å². The van der Waals surface area contributed by atoms with Crippen molar-refractivity contribution >= 4 is 16.9 Å². The summed E-state index contributed by atoms with van der Waals surface area (Å²) in [6, 6.07) is 5.45. The summed E-state index contributed by atoms with van der Waals surface area (Å²) in [6.45, 7) is 2.79. The van der Waals surface area contributed by atoms with Gasteiger partial charge in [-0.2, -0.15) is 0 Å². The molecule has 142 valence electrons. The standard InChI is InChI=1S/C21H29NO4/c1-2-3-4-5-6-7-8-9-10-13-22-21(25)20-15-18(24)17-12-11-16(23)14-19(17)26-20/h11-12,14-15,23H,2-10,13H2,1H3,(H,22,25). The molecule has 5 heteroatoms. The zero-order valence-corrected chi connectivity index (χ0v) is 15.6. The van der Waals surface area contributed by atoms with Gasteiger partial charge in [0, 0.05) is 18.7 Å². The molecule has 0 aliphatic heterocycles. The van der Waals surface area contributed by atoms with Crippen molar-refractivity contribution in [3.05, 3.63) is 40.2 Å². The summed E-state index contributed by atoms with van der Waals surface area (Å²) in [5, 5.41) is 12.6. The summed E-state index contributed by atoms with van der Waals surface area (Å²) in [7, 11) is 0. The largest absolute Gasteiger partial charge is 0.508 e. The minimum Gasteiger partial charge on any atom is -0.508 e. The zero-order chi connectivity index (χ0) is 18.8. The van der Waals surface area contributed by atoms with E-state index in [1.807, 2.05) is 0 Å². The van der Waals surface area contributed by atoms with Gasteiger partial charge in [0.1, 0.15) is 11.3 Å². The van der Waals surface area contributed by atoms with Gasteiger partial charge in [-0.1, -0.05) is 58.3 Å². The second kappa shape index (κ2) is 10.6. The molecule has 1 amide bonds. The van der Waals surface area contributed by atoms with E-state index in [9.17, 15) is 14.7 Å². The molecule has 2 N–H and O–H groups in total. The number of carbonyl (C=O) groups is 1. The lowest BCUT2D eigenvalue weighted by Gasteiger charge is -2.06. The molecule has 2 rings (SSSR count). The van der Waals surface area contributed by atoms with Crippen LogP contribution in [0.1, 0.15) is 75.3 Å². The van der Waals surface area contributed by atoms with Crippen LogP contribution in [-0.2, 0) is 0 Å². The first-order chi connectivity index (χ1) is 12.6. The Labute approximate surface area is 154 Å². The molecule has 2 aromatic rings. The number of phenols is 1. The summed E-state index contributed by atoms with van der Waals surface area (Å²) in [4.78, 5) is 24.2. The highest BCUT2D eigenvalue weighted by molar-refractivity contribution is 5.93. The fourth-order valence-corrected chi connectivity index (χ4v) is 2.98. The summed E-state index contributed by atoms with van der Waals surface area (Å²) in [5.41, 5.74) is -0.0785. The summed E-state index contributed by atoms with van der Waals surface area (Å²) in [6.07, 6.45) is 11.0. The molecule has 0 radical (unpaired) electrons. The van der Waals surface area contributed by atoms with Crippen LogP contribution in [0.2, 0.25) is 0 Å². The van der Waals surface area contributed by atoms with Gasteiger partial charge >= 0.3 is 0 Å². The van der Waals surface area contributed by atoms with Crippen LogP contribution in [0.25, 0.3) is 11.0 Å². The molecule has 0 atom stereocenters. The van der Waals surface area contributed by atoms with Crippen molar-refractivity contribution in [3.63, 3.8) is 0 Å². The molecule has 1 aromatic carbocycles. The lowest BCUT2D eigenvalue weighted by atomic mass is 10.1. The van der Waals surface area contributed by atoms with Crippen LogP contribution in [0.3, 0.4) is 0 Å². The number of amides is 1. The first-order valence-corrected chi connectivity index (χ1v) is 9.67. The van der Waals surface area contributed by atoms with Gasteiger partial charge in [-0.3, -0.25) is 9.59 Å². The number of aromatic hydroxyl groups is 1. The lowest BCUT2D eigenvalue weighted by molar-refractivity contribution is 0.0925. The van der Waals surface area contributed by atoms with Crippen LogP contribution in [0, 0.1) is 0 Å². The Morgan fingerprint density at radius 1 is 1.00 bits per heavy atom. The zero-order valence-electron chi connectivity index (χ0n) is 15.6. The molecule has 1 aromatic heterocycles. The smallest absolute Gasteiger partial charge is 0.287 e. The first-order valence-electron chi connectivity index (χ1n) is 9.67. The van der Waals surface area contributed by atoms with E-state index >= 15 is 0 Å². The van der Waals surface area contributed by atoms with E-state index in [4.69, 9.17) is 4.42 Å². The number of hydrogen-bond acceptors (Lipinski definition) is 4. The third-order valence-electron chi connectivity index (χ3n) is 4.50. The van der Waals surface area contributed by atoms with Crippen molar-refractivity contribution in [2.24, 2.45) is 0 Å². The van der Waals surface area contributed by atoms with Crippen LogP contribution in [-0.4, -0.2) is 17.6 Å². The summed E-state index contributed by atoms with van der Waals surface area (Å²) in [5.74, 6) is -0.427. The number of unbranched alkanes of at least 4 members (excludes halogenated alkanes) is 8. The number of fused-ring (bicyclic) bond motifs is 1. The SMILES string of the molecule is CCCCCCCCCCCNC(=O)c1cc(=O)c2ccc(O)cc2o1. The molecule has 0 bridgehead atoms. The maximum absolute atomic E-state index is 12.2. The topological polar surface area (TPSA) is 79.5 Å². The van der Waals surface area contributed by atoms with Gasteiger partial charge in [0.15, 0.2) is 11.2 Å². The molecule has 0 spiro atoms. The molecule has 1 heterocycles. The molecule has 0 aliphatic rings. The van der Waals surface area contributed by atoms with Crippen molar-refractivity contribution in [1.29, 1.82) is 0 Å². The van der Waals surface area contributed by atoms with E-state index in [1.165, 1.54) is 69.2 Å². The Kier molecular flexibility index (Phi) is 8.19. The number of carbonyl (C=O) groups excluding carboxylic acids is 1. The van der Waals surface area contributed by atoms with E-state index in [0.29, 0.717) is 11.9 Å². The van der Waals surface area contributed by atoms with E-state index in [2.05, 4.69) is 12.2 Å². The Bertz CT molecular complexity index is 766. The second-order valence-corrected chi connectivity index (χ2v) is 6.74. The molecule has 5 nitrogen and oxygen atoms in total. The number of phenolic OH excluding ortho intramolecular Hbond substituents is 1. The molecular weight excluding hydrogens is 330 g/mol. The van der Waals surface area contributed by atoms with Gasteiger partial charge < -0.3 is 14.8 Å². The summed E-state index contributed by atoms with van der Waals surface area (Å²) >= 11 is 0. The van der Waals surface area contributed by atoms with Crippen LogP contribution >= 0.6 is 0 Å². The number of benzene rings is 1. The Morgan fingerprint density at radius 3 is 2.35 bits per heavy atom. The maximum Gasteiger partial charge on any atom is 0.287 e. The van der Waals surface area contributed by atoms with Crippen molar-refractivity contribution in [2.75, 3.05) is 6.54 Å². The fraction of sp³-hybridized carbons (Fsp3) is 0.524. The van der Waals surface area contributed by atoms with Gasteiger partial charge in [-0.25, -0.2) is 0 Å². The van der Waals surface area contributed by atoms with E-state index in [1.54, 1.807) is 0 Å². The van der Waals surface area contributed by atoms with Gasteiger partial charge in [0.25, 0.3) is 5.91 Å². The van der Waals surface area contributed by atoms with Crippen molar-refractivity contribution in [1.82, 2.24) is 5.32 Å². The molecule has 0 unspecified atom stereocenters. The molecule has 0 saturated heterocycles. The average Bonchev–Trinajstić information content (AvgIpc) is 2.62. The predicted octanol–water partition coefficient (Wildman–Crippen LogP) is 4.76. The van der Waals surface area contributed by atoms with Crippen LogP contribution in [0.15, 0.2) is 33.5 Å². The monoisotopic (exact) mass is 359 g/mol. The van der Waals surface area contributed by atoms with E-state index in [-0.39, 0.29) is 22.5 Å². The minimum absolute atomic E-state index is 0.00657. The van der Waals surface area contributed by atoms with Crippen molar-refractivity contribution in [2.45, 2.75) is 64.7 Å². The quantitative estimate of drug-likeness (QED) is 0.567. The number of rotatable bonds is 11.